The van der Waals surface area contributed by atoms with Gasteiger partial charge in [0, 0.05) is 24.2 Å². The molecule has 2 aliphatic heterocycles. The second-order valence-corrected chi connectivity index (χ2v) is 11.7. The summed E-state index contributed by atoms with van der Waals surface area (Å²) in [6, 6.07) is 14.3. The number of carboxylic acids is 1. The van der Waals surface area contributed by atoms with Gasteiger partial charge in [-0.3, -0.25) is 9.69 Å². The van der Waals surface area contributed by atoms with Gasteiger partial charge in [0.1, 0.15) is 17.7 Å². The third-order valence-corrected chi connectivity index (χ3v) is 8.80. The van der Waals surface area contributed by atoms with E-state index in [0.717, 1.165) is 88.6 Å². The molecule has 214 valence electrons. The van der Waals surface area contributed by atoms with E-state index >= 15 is 0 Å². The molecular weight excluding hydrogens is 518 g/mol. The van der Waals surface area contributed by atoms with Gasteiger partial charge >= 0.3 is 12.1 Å². The number of benzene rings is 2. The Bertz CT molecular complexity index is 1490. The maximum Gasteiger partial charge on any atom is 0.411 e. The molecule has 2 fully saturated rings. The van der Waals surface area contributed by atoms with Crippen LogP contribution < -0.4 is 9.64 Å². The van der Waals surface area contributed by atoms with Crippen LogP contribution >= 0.6 is 0 Å². The van der Waals surface area contributed by atoms with Gasteiger partial charge in [-0.2, -0.15) is 0 Å². The van der Waals surface area contributed by atoms with Crippen LogP contribution in [0.15, 0.2) is 42.5 Å². The molecule has 0 bridgehead atoms. The van der Waals surface area contributed by atoms with Crippen molar-refractivity contribution in [2.45, 2.75) is 71.1 Å². The van der Waals surface area contributed by atoms with E-state index in [4.69, 9.17) is 14.5 Å². The predicted molar refractivity (Wildman–Crippen MR) is 157 cm³/mol. The largest absolute Gasteiger partial charge is 0.496 e. The molecular formula is C33H37N3O5. The van der Waals surface area contributed by atoms with Crippen molar-refractivity contribution < 1.29 is 24.2 Å². The molecule has 1 aliphatic carbocycles. The first-order chi connectivity index (χ1) is 19.7. The number of fused-ring (bicyclic) bond motifs is 1. The number of aliphatic carboxylic acids is 1. The number of carboxylic acid groups (broad SMARTS) is 1. The molecule has 1 N–H and O–H groups in total. The first kappa shape index (κ1) is 27.1. The average Bonchev–Trinajstić information content (AvgIpc) is 3.41. The van der Waals surface area contributed by atoms with Gasteiger partial charge < -0.3 is 19.5 Å². The highest BCUT2D eigenvalue weighted by Gasteiger charge is 2.40. The summed E-state index contributed by atoms with van der Waals surface area (Å²) in [7, 11) is 1.66. The summed E-state index contributed by atoms with van der Waals surface area (Å²) in [4.78, 5) is 33.9. The third kappa shape index (κ3) is 5.11. The standard InChI is InChI=1S/C33H37N3O5/c1-19-12-20(2)14-24(13-19)32-21(3)36(33(39)41-32)18-28-25(8-9-30(34-28)35-10-5-11-35)27-17-26-22(15-29(27)40-4)6-7-23(26)16-31(37)38/h8-9,12-15,17,21,23,32H,5-7,10-11,16,18H2,1-4H3,(H,37,38). The van der Waals surface area contributed by atoms with Crippen molar-refractivity contribution in [3.8, 4) is 16.9 Å². The lowest BCUT2D eigenvalue weighted by Crippen LogP contribution is -2.38. The number of carbonyl (C=O) groups is 2. The molecule has 3 aromatic rings. The number of aromatic nitrogens is 1. The molecule has 0 spiro atoms. The van der Waals surface area contributed by atoms with E-state index in [1.165, 1.54) is 0 Å². The van der Waals surface area contributed by atoms with Crippen molar-refractivity contribution in [2.75, 3.05) is 25.1 Å². The normalized spacial score (nSPS) is 21.5. The highest BCUT2D eigenvalue weighted by Crippen LogP contribution is 2.44. The topological polar surface area (TPSA) is 92.2 Å². The Morgan fingerprint density at radius 3 is 2.51 bits per heavy atom. The second-order valence-electron chi connectivity index (χ2n) is 11.7. The minimum absolute atomic E-state index is 0.0314. The number of hydrogen-bond donors (Lipinski definition) is 1. The van der Waals surface area contributed by atoms with E-state index in [1.807, 2.05) is 19.1 Å². The number of nitrogens with zero attached hydrogens (tertiary/aromatic N) is 3. The molecule has 41 heavy (non-hydrogen) atoms. The number of cyclic esters (lactones) is 1. The van der Waals surface area contributed by atoms with Crippen LogP contribution in [0.4, 0.5) is 10.6 Å². The van der Waals surface area contributed by atoms with Gasteiger partial charge in [0.2, 0.25) is 0 Å². The number of carbonyl (C=O) groups excluding carboxylic acids is 1. The van der Waals surface area contributed by atoms with Crippen LogP contribution in [0.2, 0.25) is 0 Å². The smallest absolute Gasteiger partial charge is 0.411 e. The quantitative estimate of drug-likeness (QED) is 0.355. The highest BCUT2D eigenvalue weighted by atomic mass is 16.6. The SMILES string of the molecule is COc1cc2c(cc1-c1ccc(N3CCC3)nc1CN1C(=O)OC(c3cc(C)cc(C)c3)C1C)C(CC(=O)O)CC2. The van der Waals surface area contributed by atoms with E-state index in [-0.39, 0.29) is 37.1 Å². The van der Waals surface area contributed by atoms with Gasteiger partial charge in [0.15, 0.2) is 0 Å². The number of hydrogen-bond acceptors (Lipinski definition) is 6. The van der Waals surface area contributed by atoms with E-state index in [0.29, 0.717) is 0 Å². The number of amides is 1. The molecule has 1 amide bonds. The summed E-state index contributed by atoms with van der Waals surface area (Å²) in [6.45, 7) is 8.34. The van der Waals surface area contributed by atoms with Crippen LogP contribution in [0.25, 0.3) is 11.1 Å². The lowest BCUT2D eigenvalue weighted by Gasteiger charge is -2.33. The fraction of sp³-hybridized carbons (Fsp3) is 0.424. The van der Waals surface area contributed by atoms with E-state index < -0.39 is 5.97 Å². The Morgan fingerprint density at radius 2 is 1.85 bits per heavy atom. The Balaban J connectivity index is 1.39. The molecule has 6 rings (SSSR count). The fourth-order valence-corrected chi connectivity index (χ4v) is 6.59. The number of anilines is 1. The summed E-state index contributed by atoms with van der Waals surface area (Å²) in [5.41, 5.74) is 7.98. The molecule has 8 heteroatoms. The van der Waals surface area contributed by atoms with Gasteiger partial charge in [0.05, 0.1) is 31.8 Å². The molecule has 3 aliphatic rings. The minimum Gasteiger partial charge on any atom is -0.496 e. The fourth-order valence-electron chi connectivity index (χ4n) is 6.59. The summed E-state index contributed by atoms with van der Waals surface area (Å²) < 4.78 is 11.8. The summed E-state index contributed by atoms with van der Waals surface area (Å²) in [5.74, 6) is 0.798. The maximum atomic E-state index is 13.3. The predicted octanol–water partition coefficient (Wildman–Crippen LogP) is 6.17. The molecule has 3 heterocycles. The van der Waals surface area contributed by atoms with Gasteiger partial charge in [-0.1, -0.05) is 29.3 Å². The molecule has 3 unspecified atom stereocenters. The summed E-state index contributed by atoms with van der Waals surface area (Å²) in [6.07, 6.45) is 2.16. The number of pyridine rings is 1. The van der Waals surface area contributed by atoms with Crippen molar-refractivity contribution >= 4 is 17.9 Å². The van der Waals surface area contributed by atoms with Crippen LogP contribution in [0.1, 0.15) is 71.7 Å². The van der Waals surface area contributed by atoms with Crippen molar-refractivity contribution in [1.29, 1.82) is 0 Å². The molecule has 3 atom stereocenters. The number of ether oxygens (including phenoxy) is 2. The Morgan fingerprint density at radius 1 is 1.10 bits per heavy atom. The lowest BCUT2D eigenvalue weighted by molar-refractivity contribution is -0.137. The maximum absolute atomic E-state index is 13.3. The van der Waals surface area contributed by atoms with Gasteiger partial charge in [-0.25, -0.2) is 9.78 Å². The van der Waals surface area contributed by atoms with Crippen molar-refractivity contribution in [3.05, 3.63) is 76.0 Å². The van der Waals surface area contributed by atoms with Crippen LogP contribution in [-0.2, 0) is 22.5 Å². The summed E-state index contributed by atoms with van der Waals surface area (Å²) in [5, 5.41) is 9.50. The van der Waals surface area contributed by atoms with E-state index in [1.54, 1.807) is 12.0 Å². The molecule has 2 aromatic carbocycles. The number of aryl methyl sites for hydroxylation is 3. The van der Waals surface area contributed by atoms with Crippen LogP contribution in [-0.4, -0.2) is 53.3 Å². The van der Waals surface area contributed by atoms with E-state index in [9.17, 15) is 14.7 Å². The highest BCUT2D eigenvalue weighted by molar-refractivity contribution is 5.77. The molecule has 0 saturated carbocycles. The summed E-state index contributed by atoms with van der Waals surface area (Å²) >= 11 is 0. The number of rotatable bonds is 8. The molecule has 2 saturated heterocycles. The van der Waals surface area contributed by atoms with Crippen molar-refractivity contribution in [1.82, 2.24) is 9.88 Å². The minimum atomic E-state index is -0.790. The monoisotopic (exact) mass is 555 g/mol. The number of methoxy groups -OCH3 is 1. The second kappa shape index (κ2) is 10.7. The third-order valence-electron chi connectivity index (χ3n) is 8.80. The molecule has 0 radical (unpaired) electrons. The first-order valence-electron chi connectivity index (χ1n) is 14.4. The zero-order valence-corrected chi connectivity index (χ0v) is 24.1. The lowest BCUT2D eigenvalue weighted by atomic mass is 9.92. The molecule has 8 nitrogen and oxygen atoms in total. The zero-order valence-electron chi connectivity index (χ0n) is 24.1. The van der Waals surface area contributed by atoms with Crippen molar-refractivity contribution in [2.24, 2.45) is 0 Å². The Kier molecular flexibility index (Phi) is 7.09. The zero-order chi connectivity index (χ0) is 28.8. The van der Waals surface area contributed by atoms with Crippen LogP contribution in [0.3, 0.4) is 0 Å². The van der Waals surface area contributed by atoms with E-state index in [2.05, 4.69) is 49.1 Å². The average molecular weight is 556 g/mol. The van der Waals surface area contributed by atoms with Gasteiger partial charge in [0.25, 0.3) is 0 Å². The van der Waals surface area contributed by atoms with Crippen LogP contribution in [0, 0.1) is 13.8 Å². The Labute approximate surface area is 240 Å². The van der Waals surface area contributed by atoms with Gasteiger partial charge in [-0.05, 0) is 86.9 Å². The first-order valence-corrected chi connectivity index (χ1v) is 14.4. The van der Waals surface area contributed by atoms with Crippen LogP contribution in [0.5, 0.6) is 5.75 Å². The Hall–Kier alpha value is -4.07. The molecule has 1 aromatic heterocycles. The van der Waals surface area contributed by atoms with Crippen molar-refractivity contribution in [3.63, 3.8) is 0 Å². The van der Waals surface area contributed by atoms with Gasteiger partial charge in [-0.15, -0.1) is 0 Å².